The molecule has 1 saturated heterocycles. The summed E-state index contributed by atoms with van der Waals surface area (Å²) >= 11 is 0. The van der Waals surface area contributed by atoms with Crippen molar-refractivity contribution in [2.24, 2.45) is 0 Å². The Labute approximate surface area is 156 Å². The van der Waals surface area contributed by atoms with E-state index in [9.17, 15) is 14.4 Å². The van der Waals surface area contributed by atoms with Gasteiger partial charge in [-0.15, -0.1) is 0 Å². The quantitative estimate of drug-likeness (QED) is 0.751. The summed E-state index contributed by atoms with van der Waals surface area (Å²) in [6, 6.07) is 8.57. The zero-order chi connectivity index (χ0) is 19.4. The Morgan fingerprint density at radius 1 is 1.30 bits per heavy atom. The summed E-state index contributed by atoms with van der Waals surface area (Å²) in [4.78, 5) is 36.8. The maximum Gasteiger partial charge on any atom is 0.274 e. The van der Waals surface area contributed by atoms with Gasteiger partial charge in [0.05, 0.1) is 5.69 Å². The highest BCUT2D eigenvalue weighted by molar-refractivity contribution is 5.94. The zero-order valence-electron chi connectivity index (χ0n) is 15.3. The van der Waals surface area contributed by atoms with Crippen molar-refractivity contribution in [2.75, 3.05) is 13.1 Å². The predicted molar refractivity (Wildman–Crippen MR) is 97.5 cm³/mol. The molecule has 2 heterocycles. The molecule has 8 heteroatoms. The molecule has 1 unspecified atom stereocenters. The molecule has 0 radical (unpaired) electrons. The molecule has 2 amide bonds. The number of rotatable bonds is 6. The highest BCUT2D eigenvalue weighted by atomic mass is 16.5. The van der Waals surface area contributed by atoms with Crippen LogP contribution in [0.5, 0.6) is 5.75 Å². The van der Waals surface area contributed by atoms with Gasteiger partial charge >= 0.3 is 0 Å². The number of amides is 2. The van der Waals surface area contributed by atoms with Crippen molar-refractivity contribution < 1.29 is 19.1 Å². The van der Waals surface area contributed by atoms with Gasteiger partial charge in [0.15, 0.2) is 11.5 Å². The van der Waals surface area contributed by atoms with Gasteiger partial charge in [-0.1, -0.05) is 12.1 Å². The Bertz CT molecular complexity index is 861. The molecule has 1 aromatic carbocycles. The number of hydrogen-bond donors (Lipinski definition) is 2. The average molecular weight is 370 g/mol. The number of carbonyl (C=O) groups excluding carboxylic acids is 3. The van der Waals surface area contributed by atoms with Gasteiger partial charge in [-0.3, -0.25) is 19.5 Å². The molecule has 8 nitrogen and oxygen atoms in total. The number of carbonyl (C=O) groups is 3. The molecule has 142 valence electrons. The molecule has 0 saturated carbocycles. The molecule has 27 heavy (non-hydrogen) atoms. The normalized spacial score (nSPS) is 16.2. The van der Waals surface area contributed by atoms with Crippen LogP contribution in [-0.2, 0) is 11.4 Å². The number of ketones is 1. The van der Waals surface area contributed by atoms with E-state index < -0.39 is 0 Å². The van der Waals surface area contributed by atoms with Crippen LogP contribution in [0.1, 0.15) is 46.8 Å². The highest BCUT2D eigenvalue weighted by Gasteiger charge is 2.28. The fraction of sp³-hybridized carbons (Fsp3) is 0.368. The number of likely N-dealkylation sites (tertiary alicyclic amines) is 1. The van der Waals surface area contributed by atoms with Gasteiger partial charge in [0.25, 0.3) is 5.91 Å². The number of nitrogens with one attached hydrogen (secondary N) is 2. The number of benzene rings is 1. The van der Waals surface area contributed by atoms with Crippen molar-refractivity contribution >= 4 is 17.6 Å². The second-order valence-corrected chi connectivity index (χ2v) is 6.59. The molecule has 1 aliphatic heterocycles. The van der Waals surface area contributed by atoms with Gasteiger partial charge in [0, 0.05) is 31.6 Å². The average Bonchev–Trinajstić information content (AvgIpc) is 3.28. The molecule has 1 aromatic heterocycles. The lowest BCUT2D eigenvalue weighted by Crippen LogP contribution is -2.37. The van der Waals surface area contributed by atoms with Crippen LogP contribution in [0.2, 0.25) is 0 Å². The molecule has 0 aliphatic carbocycles. The summed E-state index contributed by atoms with van der Waals surface area (Å²) in [5, 5.41) is 9.70. The highest BCUT2D eigenvalue weighted by Crippen LogP contribution is 2.17. The first-order chi connectivity index (χ1) is 12.9. The minimum atomic E-state index is -0.177. The van der Waals surface area contributed by atoms with Crippen LogP contribution in [0.15, 0.2) is 30.3 Å². The van der Waals surface area contributed by atoms with E-state index in [1.807, 2.05) is 0 Å². The molecule has 0 spiro atoms. The molecular formula is C19H22N4O4. The van der Waals surface area contributed by atoms with Crippen molar-refractivity contribution in [1.82, 2.24) is 20.4 Å². The van der Waals surface area contributed by atoms with Crippen LogP contribution >= 0.6 is 0 Å². The molecular weight excluding hydrogens is 348 g/mol. The Morgan fingerprint density at radius 2 is 2.11 bits per heavy atom. The first-order valence-corrected chi connectivity index (χ1v) is 8.77. The van der Waals surface area contributed by atoms with E-state index in [4.69, 9.17) is 4.74 Å². The van der Waals surface area contributed by atoms with Crippen LogP contribution in [-0.4, -0.2) is 51.8 Å². The van der Waals surface area contributed by atoms with Crippen molar-refractivity contribution in [2.45, 2.75) is 32.9 Å². The van der Waals surface area contributed by atoms with Gasteiger partial charge in [-0.2, -0.15) is 5.10 Å². The van der Waals surface area contributed by atoms with Gasteiger partial charge in [0.1, 0.15) is 12.4 Å². The SMILES string of the molecule is CC(=O)NC1CCN(C(=O)c2cc(COc3cccc(C(C)=O)c3)[nH]n2)C1. The van der Waals surface area contributed by atoms with Gasteiger partial charge in [0.2, 0.25) is 5.91 Å². The number of ether oxygens (including phenoxy) is 1. The maximum atomic E-state index is 12.5. The van der Waals surface area contributed by atoms with Crippen molar-refractivity contribution in [1.29, 1.82) is 0 Å². The lowest BCUT2D eigenvalue weighted by molar-refractivity contribution is -0.119. The molecule has 1 aliphatic rings. The third-order valence-electron chi connectivity index (χ3n) is 4.37. The minimum absolute atomic E-state index is 0.0123. The summed E-state index contributed by atoms with van der Waals surface area (Å²) in [5.74, 6) is 0.271. The van der Waals surface area contributed by atoms with E-state index in [1.165, 1.54) is 13.8 Å². The van der Waals surface area contributed by atoms with Crippen LogP contribution in [0.4, 0.5) is 0 Å². The largest absolute Gasteiger partial charge is 0.487 e. The van der Waals surface area contributed by atoms with Crippen molar-refractivity contribution in [3.8, 4) is 5.75 Å². The van der Waals surface area contributed by atoms with E-state index in [-0.39, 0.29) is 30.2 Å². The smallest absolute Gasteiger partial charge is 0.274 e. The van der Waals surface area contributed by atoms with Crippen LogP contribution in [0.3, 0.4) is 0 Å². The van der Waals surface area contributed by atoms with Crippen molar-refractivity contribution in [3.63, 3.8) is 0 Å². The fourth-order valence-corrected chi connectivity index (χ4v) is 3.02. The van der Waals surface area contributed by atoms with Crippen LogP contribution in [0.25, 0.3) is 0 Å². The molecule has 1 atom stereocenters. The Morgan fingerprint density at radius 3 is 2.85 bits per heavy atom. The maximum absolute atomic E-state index is 12.5. The van der Waals surface area contributed by atoms with E-state index in [2.05, 4.69) is 15.5 Å². The standard InChI is InChI=1S/C19H22N4O4/c1-12(24)14-4-3-5-17(8-14)27-11-16-9-18(22-21-16)19(26)23-7-6-15(10-23)20-13(2)25/h3-5,8-9,15H,6-7,10-11H2,1-2H3,(H,20,25)(H,21,22). The third kappa shape index (κ3) is 4.72. The Kier molecular flexibility index (Phi) is 5.54. The van der Waals surface area contributed by atoms with Gasteiger partial charge in [-0.25, -0.2) is 0 Å². The Balaban J connectivity index is 1.57. The first kappa shape index (κ1) is 18.6. The summed E-state index contributed by atoms with van der Waals surface area (Å²) in [5.41, 5.74) is 1.55. The predicted octanol–water partition coefficient (Wildman–Crippen LogP) is 1.54. The zero-order valence-corrected chi connectivity index (χ0v) is 15.3. The van der Waals surface area contributed by atoms with E-state index >= 15 is 0 Å². The number of aromatic nitrogens is 2. The molecule has 2 N–H and O–H groups in total. The monoisotopic (exact) mass is 370 g/mol. The third-order valence-corrected chi connectivity index (χ3v) is 4.37. The van der Waals surface area contributed by atoms with Crippen LogP contribution in [0, 0.1) is 0 Å². The van der Waals surface area contributed by atoms with Gasteiger partial charge in [-0.05, 0) is 31.5 Å². The lowest BCUT2D eigenvalue weighted by Gasteiger charge is -2.15. The van der Waals surface area contributed by atoms with E-state index in [0.29, 0.717) is 35.8 Å². The van der Waals surface area contributed by atoms with E-state index in [0.717, 1.165) is 6.42 Å². The van der Waals surface area contributed by atoms with Crippen molar-refractivity contribution in [3.05, 3.63) is 47.3 Å². The van der Waals surface area contributed by atoms with Crippen LogP contribution < -0.4 is 10.1 Å². The Hall–Kier alpha value is -3.16. The fourth-order valence-electron chi connectivity index (χ4n) is 3.02. The number of nitrogens with zero attached hydrogens (tertiary/aromatic N) is 2. The molecule has 0 bridgehead atoms. The minimum Gasteiger partial charge on any atom is -0.487 e. The van der Waals surface area contributed by atoms with Gasteiger partial charge < -0.3 is 15.0 Å². The topological polar surface area (TPSA) is 104 Å². The molecule has 3 rings (SSSR count). The molecule has 1 fully saturated rings. The first-order valence-electron chi connectivity index (χ1n) is 8.77. The number of H-pyrrole nitrogens is 1. The lowest BCUT2D eigenvalue weighted by atomic mass is 10.1. The summed E-state index contributed by atoms with van der Waals surface area (Å²) < 4.78 is 5.67. The second kappa shape index (κ2) is 8.03. The summed E-state index contributed by atoms with van der Waals surface area (Å²) in [7, 11) is 0. The number of hydrogen-bond acceptors (Lipinski definition) is 5. The summed E-state index contributed by atoms with van der Waals surface area (Å²) in [6.07, 6.45) is 0.734. The number of aromatic amines is 1. The van der Waals surface area contributed by atoms with E-state index in [1.54, 1.807) is 35.2 Å². The second-order valence-electron chi connectivity index (χ2n) is 6.59. The molecule has 2 aromatic rings. The summed E-state index contributed by atoms with van der Waals surface area (Å²) in [6.45, 7) is 4.24. The number of Topliss-reactive ketones (excluding diaryl/α,β-unsaturated/α-hetero) is 1.